The summed E-state index contributed by atoms with van der Waals surface area (Å²) in [5, 5.41) is 12.2. The number of hydrogen-bond donors (Lipinski definition) is 3. The molecule has 0 saturated carbocycles. The highest BCUT2D eigenvalue weighted by Gasteiger charge is 2.22. The number of benzene rings is 1. The van der Waals surface area contributed by atoms with Gasteiger partial charge in [0.2, 0.25) is 0 Å². The molecule has 0 aliphatic carbocycles. The summed E-state index contributed by atoms with van der Waals surface area (Å²) in [4.78, 5) is 12.8. The molecule has 1 aromatic carbocycles. The van der Waals surface area contributed by atoms with E-state index in [2.05, 4.69) is 61.8 Å². The molecule has 0 atom stereocenters. The van der Waals surface area contributed by atoms with Gasteiger partial charge in [0.25, 0.3) is 0 Å². The van der Waals surface area contributed by atoms with Gasteiger partial charge in [0.05, 0.1) is 5.52 Å². The summed E-state index contributed by atoms with van der Waals surface area (Å²) in [7, 11) is 0. The van der Waals surface area contributed by atoms with Gasteiger partial charge in [0, 0.05) is 50.3 Å². The van der Waals surface area contributed by atoms with Gasteiger partial charge in [-0.3, -0.25) is 4.90 Å². The van der Waals surface area contributed by atoms with Crippen LogP contribution < -0.4 is 20.9 Å². The van der Waals surface area contributed by atoms with Gasteiger partial charge in [-0.1, -0.05) is 12.8 Å². The summed E-state index contributed by atoms with van der Waals surface area (Å²) in [6.07, 6.45) is 9.24. The number of fused-ring (bicyclic) bond motifs is 1. The largest absolute Gasteiger partial charge is 0.362 e. The molecule has 5 rings (SSSR count). The molecule has 3 aliphatic heterocycles. The Hall–Kier alpha value is -2.00. The maximum atomic E-state index is 5.59. The van der Waals surface area contributed by atoms with Gasteiger partial charge in [-0.05, 0) is 120 Å². The van der Waals surface area contributed by atoms with Gasteiger partial charge in [0.1, 0.15) is 5.82 Å². The van der Waals surface area contributed by atoms with Gasteiger partial charge < -0.3 is 25.8 Å². The first-order chi connectivity index (χ1) is 18.6. The lowest BCUT2D eigenvalue weighted by molar-refractivity contribution is 0.196. The zero-order valence-corrected chi connectivity index (χ0v) is 24.1. The molecular weight excluding hydrogens is 490 g/mol. The number of hydrogen-bond acceptors (Lipinski definition) is 6. The summed E-state index contributed by atoms with van der Waals surface area (Å²) in [6.45, 7) is 14.8. The molecule has 38 heavy (non-hydrogen) atoms. The molecule has 8 heteroatoms. The SMILES string of the molecule is Cc1cc(N2CCN(CC3CCNCC3)CC2)nc2ccc(NC(=S)NCCCN3CCCCCC3)cc12. The molecule has 0 unspecified atom stereocenters. The number of nitrogens with zero attached hydrogens (tertiary/aromatic N) is 4. The molecule has 0 spiro atoms. The van der Waals surface area contributed by atoms with E-state index in [-0.39, 0.29) is 0 Å². The molecule has 3 aliphatic rings. The van der Waals surface area contributed by atoms with Gasteiger partial charge >= 0.3 is 0 Å². The maximum Gasteiger partial charge on any atom is 0.170 e. The molecule has 2 aromatic rings. The van der Waals surface area contributed by atoms with E-state index in [1.807, 2.05) is 0 Å². The third-order valence-electron chi connectivity index (χ3n) is 8.57. The van der Waals surface area contributed by atoms with Crippen LogP contribution >= 0.6 is 12.2 Å². The fraction of sp³-hybridized carbons (Fsp3) is 0.667. The first kappa shape index (κ1) is 27.6. The highest BCUT2D eigenvalue weighted by Crippen LogP contribution is 2.26. The molecule has 208 valence electrons. The number of piperidine rings is 1. The fourth-order valence-electron chi connectivity index (χ4n) is 6.24. The summed E-state index contributed by atoms with van der Waals surface area (Å²) in [5.74, 6) is 1.97. The minimum atomic E-state index is 0.699. The topological polar surface area (TPSA) is 58.7 Å². The quantitative estimate of drug-likeness (QED) is 0.342. The summed E-state index contributed by atoms with van der Waals surface area (Å²) in [5.41, 5.74) is 3.34. The second-order valence-corrected chi connectivity index (χ2v) is 11.9. The van der Waals surface area contributed by atoms with Crippen molar-refractivity contribution in [2.45, 2.75) is 51.9 Å². The first-order valence-electron chi connectivity index (χ1n) is 15.0. The van der Waals surface area contributed by atoms with Crippen molar-refractivity contribution < 1.29 is 0 Å². The Bertz CT molecular complexity index is 1040. The van der Waals surface area contributed by atoms with Crippen LogP contribution in [0.25, 0.3) is 10.9 Å². The second kappa shape index (κ2) is 13.9. The molecule has 7 nitrogen and oxygen atoms in total. The second-order valence-electron chi connectivity index (χ2n) is 11.5. The number of aryl methyl sites for hydroxylation is 1. The predicted molar refractivity (Wildman–Crippen MR) is 164 cm³/mol. The van der Waals surface area contributed by atoms with Crippen molar-refractivity contribution in [3.8, 4) is 0 Å². The molecule has 0 bridgehead atoms. The van der Waals surface area contributed by atoms with Crippen LogP contribution in [0.3, 0.4) is 0 Å². The van der Waals surface area contributed by atoms with Crippen molar-refractivity contribution in [1.82, 2.24) is 25.4 Å². The van der Waals surface area contributed by atoms with Crippen molar-refractivity contribution >= 4 is 39.7 Å². The molecule has 0 amide bonds. The van der Waals surface area contributed by atoms with Crippen LogP contribution in [0.15, 0.2) is 24.3 Å². The van der Waals surface area contributed by atoms with Gasteiger partial charge in [-0.25, -0.2) is 4.98 Å². The number of aromatic nitrogens is 1. The number of anilines is 2. The molecule has 3 saturated heterocycles. The van der Waals surface area contributed by atoms with Crippen LogP contribution in [0, 0.1) is 12.8 Å². The van der Waals surface area contributed by atoms with Crippen LogP contribution in [-0.4, -0.2) is 91.9 Å². The average molecular weight is 538 g/mol. The number of thiocarbonyl (C=S) groups is 1. The van der Waals surface area contributed by atoms with Crippen LogP contribution in [0.5, 0.6) is 0 Å². The Morgan fingerprint density at radius 1 is 0.974 bits per heavy atom. The Morgan fingerprint density at radius 3 is 2.50 bits per heavy atom. The van der Waals surface area contributed by atoms with E-state index in [0.29, 0.717) is 5.11 Å². The molecular formula is C30H47N7S. The molecule has 0 radical (unpaired) electrons. The monoisotopic (exact) mass is 537 g/mol. The first-order valence-corrected chi connectivity index (χ1v) is 15.4. The highest BCUT2D eigenvalue weighted by atomic mass is 32.1. The molecule has 1 aromatic heterocycles. The number of rotatable bonds is 8. The lowest BCUT2D eigenvalue weighted by atomic mass is 9.97. The average Bonchev–Trinajstić information content (AvgIpc) is 3.21. The van der Waals surface area contributed by atoms with E-state index in [4.69, 9.17) is 17.2 Å². The van der Waals surface area contributed by atoms with E-state index in [1.54, 1.807) is 0 Å². The Kier molecular flexibility index (Phi) is 10.1. The number of piperazine rings is 1. The van der Waals surface area contributed by atoms with Gasteiger partial charge in [-0.15, -0.1) is 0 Å². The number of nitrogens with one attached hydrogen (secondary N) is 3. The predicted octanol–water partition coefficient (Wildman–Crippen LogP) is 4.22. The van der Waals surface area contributed by atoms with Crippen molar-refractivity contribution in [3.63, 3.8) is 0 Å². The van der Waals surface area contributed by atoms with E-state index >= 15 is 0 Å². The number of likely N-dealkylation sites (tertiary alicyclic amines) is 1. The van der Waals surface area contributed by atoms with Gasteiger partial charge in [0.15, 0.2) is 5.11 Å². The minimum absolute atomic E-state index is 0.699. The van der Waals surface area contributed by atoms with Crippen molar-refractivity contribution in [2.24, 2.45) is 5.92 Å². The van der Waals surface area contributed by atoms with Crippen molar-refractivity contribution in [2.75, 3.05) is 82.2 Å². The zero-order valence-electron chi connectivity index (χ0n) is 23.3. The van der Waals surface area contributed by atoms with E-state index in [9.17, 15) is 0 Å². The van der Waals surface area contributed by atoms with Crippen LogP contribution in [0.1, 0.15) is 50.5 Å². The van der Waals surface area contributed by atoms with E-state index in [1.165, 1.54) is 82.2 Å². The smallest absolute Gasteiger partial charge is 0.170 e. The van der Waals surface area contributed by atoms with Crippen LogP contribution in [0.2, 0.25) is 0 Å². The Morgan fingerprint density at radius 2 is 1.74 bits per heavy atom. The molecule has 4 heterocycles. The fourth-order valence-corrected chi connectivity index (χ4v) is 6.46. The Balaban J connectivity index is 1.10. The third-order valence-corrected chi connectivity index (χ3v) is 8.81. The summed E-state index contributed by atoms with van der Waals surface area (Å²) in [6, 6.07) is 8.67. The minimum Gasteiger partial charge on any atom is -0.362 e. The van der Waals surface area contributed by atoms with Crippen molar-refractivity contribution in [1.29, 1.82) is 0 Å². The van der Waals surface area contributed by atoms with E-state index < -0.39 is 0 Å². The number of pyridine rings is 1. The summed E-state index contributed by atoms with van der Waals surface area (Å²) < 4.78 is 0. The third kappa shape index (κ3) is 7.78. The van der Waals surface area contributed by atoms with Crippen LogP contribution in [-0.2, 0) is 0 Å². The highest BCUT2D eigenvalue weighted by molar-refractivity contribution is 7.80. The van der Waals surface area contributed by atoms with E-state index in [0.717, 1.165) is 68.6 Å². The lowest BCUT2D eigenvalue weighted by Crippen LogP contribution is -2.48. The summed E-state index contributed by atoms with van der Waals surface area (Å²) >= 11 is 5.59. The normalized spacial score (nSPS) is 20.4. The Labute approximate surface area is 234 Å². The van der Waals surface area contributed by atoms with Gasteiger partial charge in [-0.2, -0.15) is 0 Å². The standard InChI is InChI=1S/C30H47N7S/c1-24-21-29(37-19-17-36(18-20-37)23-25-9-12-31-13-10-25)34-28-8-7-26(22-27(24)28)33-30(38)32-11-6-16-35-14-4-2-3-5-15-35/h7-8,21-22,25,31H,2-6,9-20,23H2,1H3,(H2,32,33,38). The molecule has 3 N–H and O–H groups in total. The van der Waals surface area contributed by atoms with Crippen LogP contribution in [0.4, 0.5) is 11.5 Å². The maximum absolute atomic E-state index is 5.59. The molecule has 3 fully saturated rings. The van der Waals surface area contributed by atoms with Crippen molar-refractivity contribution in [3.05, 3.63) is 29.8 Å². The lowest BCUT2D eigenvalue weighted by Gasteiger charge is -2.38. The zero-order chi connectivity index (χ0) is 26.2.